The summed E-state index contributed by atoms with van der Waals surface area (Å²) in [6.07, 6.45) is 5.72. The molecule has 0 radical (unpaired) electrons. The summed E-state index contributed by atoms with van der Waals surface area (Å²) >= 11 is 0. The van der Waals surface area contributed by atoms with Gasteiger partial charge < -0.3 is 24.3 Å². The zero-order valence-electron chi connectivity index (χ0n) is 19.4. The molecular formula is C25H35NO6. The van der Waals surface area contributed by atoms with Gasteiger partial charge in [0.1, 0.15) is 11.9 Å². The van der Waals surface area contributed by atoms with Crippen molar-refractivity contribution in [2.75, 3.05) is 26.4 Å². The predicted molar refractivity (Wildman–Crippen MR) is 122 cm³/mol. The molecule has 1 aromatic rings. The highest BCUT2D eigenvalue weighted by atomic mass is 16.6. The van der Waals surface area contributed by atoms with Crippen molar-refractivity contribution in [2.24, 2.45) is 5.92 Å². The maximum atomic E-state index is 12.3. The van der Waals surface area contributed by atoms with Crippen molar-refractivity contribution in [3.05, 3.63) is 59.9 Å². The summed E-state index contributed by atoms with van der Waals surface area (Å²) < 4.78 is 22.4. The second kappa shape index (κ2) is 13.7. The third-order valence-electron chi connectivity index (χ3n) is 4.47. The first-order valence-corrected chi connectivity index (χ1v) is 11.1. The monoisotopic (exact) mass is 445 g/mol. The van der Waals surface area contributed by atoms with Crippen LogP contribution in [0.15, 0.2) is 54.3 Å². The molecule has 0 bridgehead atoms. The first-order chi connectivity index (χ1) is 15.3. The normalized spacial score (nSPS) is 16.6. The number of carbonyl (C=O) groups excluding carboxylic acids is 2. The van der Waals surface area contributed by atoms with Crippen molar-refractivity contribution in [3.8, 4) is 0 Å². The van der Waals surface area contributed by atoms with Crippen molar-refractivity contribution < 1.29 is 28.5 Å². The molecule has 1 aliphatic carbocycles. The Morgan fingerprint density at radius 2 is 1.84 bits per heavy atom. The van der Waals surface area contributed by atoms with Gasteiger partial charge in [-0.15, -0.1) is 0 Å². The van der Waals surface area contributed by atoms with Crippen LogP contribution in [0.4, 0.5) is 0 Å². The van der Waals surface area contributed by atoms with Gasteiger partial charge in [-0.25, -0.2) is 4.79 Å². The van der Waals surface area contributed by atoms with Gasteiger partial charge in [-0.05, 0) is 50.5 Å². The minimum Gasteiger partial charge on any atom is -0.482 e. The molecule has 1 amide bonds. The van der Waals surface area contributed by atoms with Gasteiger partial charge in [0.15, 0.2) is 6.61 Å². The van der Waals surface area contributed by atoms with E-state index in [0.717, 1.165) is 0 Å². The molecule has 1 aromatic carbocycles. The Morgan fingerprint density at radius 1 is 1.09 bits per heavy atom. The van der Waals surface area contributed by atoms with Crippen LogP contribution in [0.25, 0.3) is 0 Å². The Kier molecular flexibility index (Phi) is 11.0. The van der Waals surface area contributed by atoms with Crippen LogP contribution >= 0.6 is 0 Å². The molecule has 0 aromatic heterocycles. The number of carbonyl (C=O) groups is 2. The molecule has 0 spiro atoms. The van der Waals surface area contributed by atoms with Gasteiger partial charge in [-0.1, -0.05) is 38.1 Å². The fourth-order valence-electron chi connectivity index (χ4n) is 2.82. The highest BCUT2D eigenvalue weighted by molar-refractivity contribution is 5.94. The second-order valence-corrected chi connectivity index (χ2v) is 8.33. The fourth-order valence-corrected chi connectivity index (χ4v) is 2.82. The first-order valence-electron chi connectivity index (χ1n) is 11.1. The van der Waals surface area contributed by atoms with Crippen molar-refractivity contribution in [2.45, 2.75) is 52.4 Å². The van der Waals surface area contributed by atoms with E-state index in [4.69, 9.17) is 18.9 Å². The molecule has 1 aliphatic rings. The highest BCUT2D eigenvalue weighted by Crippen LogP contribution is 2.15. The van der Waals surface area contributed by atoms with E-state index in [2.05, 4.69) is 19.2 Å². The quantitative estimate of drug-likeness (QED) is 0.467. The summed E-state index contributed by atoms with van der Waals surface area (Å²) in [5.41, 5.74) is 0.539. The molecule has 0 heterocycles. The van der Waals surface area contributed by atoms with Crippen molar-refractivity contribution in [1.29, 1.82) is 0 Å². The van der Waals surface area contributed by atoms with Gasteiger partial charge in [0.25, 0.3) is 5.91 Å². The lowest BCUT2D eigenvalue weighted by molar-refractivity contribution is -0.156. The lowest BCUT2D eigenvalue weighted by atomic mass is 10.1. The minimum atomic E-state index is -0.620. The molecular weight excluding hydrogens is 410 g/mol. The van der Waals surface area contributed by atoms with E-state index in [9.17, 15) is 9.59 Å². The van der Waals surface area contributed by atoms with Crippen LogP contribution in [0, 0.1) is 5.92 Å². The van der Waals surface area contributed by atoms with E-state index in [0.29, 0.717) is 30.3 Å². The number of rotatable bonds is 13. The van der Waals surface area contributed by atoms with Crippen LogP contribution < -0.4 is 5.32 Å². The number of hydrogen-bond acceptors (Lipinski definition) is 6. The summed E-state index contributed by atoms with van der Waals surface area (Å²) in [4.78, 5) is 24.6. The summed E-state index contributed by atoms with van der Waals surface area (Å²) in [5, 5.41) is 2.78. The molecule has 0 saturated heterocycles. The number of amides is 1. The summed E-state index contributed by atoms with van der Waals surface area (Å²) in [6, 6.07) is 8.86. The van der Waals surface area contributed by atoms with Crippen LogP contribution in [0.1, 0.15) is 44.5 Å². The SMILES string of the molecule is CC(C)COC1C=CC(OCC(=O)OC(CNC(=O)c2ccccc2)COC(C)C)=CC1. The number of hydrogen-bond donors (Lipinski definition) is 1. The zero-order chi connectivity index (χ0) is 23.3. The average molecular weight is 446 g/mol. The van der Waals surface area contributed by atoms with E-state index >= 15 is 0 Å². The Morgan fingerprint density at radius 3 is 2.47 bits per heavy atom. The van der Waals surface area contributed by atoms with Gasteiger partial charge in [-0.3, -0.25) is 4.79 Å². The number of benzene rings is 1. The molecule has 0 aliphatic heterocycles. The first kappa shape index (κ1) is 25.6. The Labute approximate surface area is 190 Å². The summed E-state index contributed by atoms with van der Waals surface area (Å²) in [5.74, 6) is 0.326. The van der Waals surface area contributed by atoms with Crippen LogP contribution in [-0.4, -0.2) is 56.6 Å². The molecule has 7 heteroatoms. The van der Waals surface area contributed by atoms with Crippen LogP contribution in [0.3, 0.4) is 0 Å². The minimum absolute atomic E-state index is 0.0272. The number of esters is 1. The second-order valence-electron chi connectivity index (χ2n) is 8.33. The highest BCUT2D eigenvalue weighted by Gasteiger charge is 2.19. The van der Waals surface area contributed by atoms with Gasteiger partial charge in [0.2, 0.25) is 0 Å². The molecule has 2 atom stereocenters. The number of allylic oxidation sites excluding steroid dienone is 1. The summed E-state index contributed by atoms with van der Waals surface area (Å²) in [6.45, 7) is 8.80. The average Bonchev–Trinajstić information content (AvgIpc) is 2.79. The maximum absolute atomic E-state index is 12.3. The van der Waals surface area contributed by atoms with Crippen molar-refractivity contribution >= 4 is 11.9 Å². The molecule has 0 fully saturated rings. The van der Waals surface area contributed by atoms with Crippen LogP contribution in [0.5, 0.6) is 0 Å². The van der Waals surface area contributed by atoms with Gasteiger partial charge >= 0.3 is 5.97 Å². The Balaban J connectivity index is 1.78. The standard InChI is InChI=1S/C25H35NO6/c1-18(2)15-30-21-10-12-22(13-11-21)31-17-24(27)32-23(16-29-19(3)4)14-26-25(28)20-8-6-5-7-9-20/h5-10,12-13,18-19,21,23H,11,14-17H2,1-4H3,(H,26,28). The van der Waals surface area contributed by atoms with E-state index in [-0.39, 0.29) is 37.9 Å². The lowest BCUT2D eigenvalue weighted by Crippen LogP contribution is -2.38. The number of ether oxygens (including phenoxy) is 4. The molecule has 176 valence electrons. The third-order valence-corrected chi connectivity index (χ3v) is 4.47. The predicted octanol–water partition coefficient (Wildman–Crippen LogP) is 3.65. The van der Waals surface area contributed by atoms with Crippen molar-refractivity contribution in [1.82, 2.24) is 5.32 Å². The van der Waals surface area contributed by atoms with Gasteiger partial charge in [0, 0.05) is 12.2 Å². The molecule has 2 rings (SSSR count). The fraction of sp³-hybridized carbons (Fsp3) is 0.520. The van der Waals surface area contributed by atoms with Crippen molar-refractivity contribution in [3.63, 3.8) is 0 Å². The molecule has 0 saturated carbocycles. The van der Waals surface area contributed by atoms with E-state index < -0.39 is 12.1 Å². The van der Waals surface area contributed by atoms with Gasteiger partial charge in [-0.2, -0.15) is 0 Å². The zero-order valence-corrected chi connectivity index (χ0v) is 19.4. The topological polar surface area (TPSA) is 83.1 Å². The number of nitrogens with one attached hydrogen (secondary N) is 1. The van der Waals surface area contributed by atoms with Gasteiger partial charge in [0.05, 0.1) is 25.4 Å². The molecule has 32 heavy (non-hydrogen) atoms. The summed E-state index contributed by atoms with van der Waals surface area (Å²) in [7, 11) is 0. The Bertz CT molecular complexity index is 772. The van der Waals surface area contributed by atoms with E-state index in [1.54, 1.807) is 30.3 Å². The lowest BCUT2D eigenvalue weighted by Gasteiger charge is -2.21. The van der Waals surface area contributed by atoms with Crippen LogP contribution in [-0.2, 0) is 23.7 Å². The molecule has 2 unspecified atom stereocenters. The Hall–Kier alpha value is -2.64. The smallest absolute Gasteiger partial charge is 0.344 e. The molecule has 1 N–H and O–H groups in total. The third kappa shape index (κ3) is 10.1. The van der Waals surface area contributed by atoms with Crippen LogP contribution in [0.2, 0.25) is 0 Å². The largest absolute Gasteiger partial charge is 0.482 e. The van der Waals surface area contributed by atoms with E-state index in [1.807, 2.05) is 32.1 Å². The maximum Gasteiger partial charge on any atom is 0.344 e. The molecule has 7 nitrogen and oxygen atoms in total. The van der Waals surface area contributed by atoms with E-state index in [1.165, 1.54) is 0 Å².